The van der Waals surface area contributed by atoms with Gasteiger partial charge in [0.05, 0.1) is 17.9 Å². The molecule has 6 heteroatoms. The van der Waals surface area contributed by atoms with Crippen molar-refractivity contribution in [3.05, 3.63) is 46.4 Å². The Balaban J connectivity index is 2.09. The van der Waals surface area contributed by atoms with Crippen LogP contribution >= 0.6 is 23.4 Å². The van der Waals surface area contributed by atoms with E-state index in [9.17, 15) is 4.79 Å². The van der Waals surface area contributed by atoms with Gasteiger partial charge < -0.3 is 14.9 Å². The molecule has 0 spiro atoms. The maximum atomic E-state index is 11.5. The zero-order valence-electron chi connectivity index (χ0n) is 11.1. The summed E-state index contributed by atoms with van der Waals surface area (Å²) in [6, 6.07) is 7.18. The molecule has 0 unspecified atom stereocenters. The van der Waals surface area contributed by atoms with Gasteiger partial charge in [-0.15, -0.1) is 11.8 Å². The molecule has 0 atom stereocenters. The summed E-state index contributed by atoms with van der Waals surface area (Å²) < 4.78 is 10.1. The molecule has 2 N–H and O–H groups in total. The number of anilines is 1. The molecule has 0 bridgehead atoms. The minimum Gasteiger partial charge on any atom is -0.463 e. The second kappa shape index (κ2) is 6.24. The Kier molecular flexibility index (Phi) is 4.62. The van der Waals surface area contributed by atoms with E-state index < -0.39 is 5.97 Å². The number of halogens is 1. The van der Waals surface area contributed by atoms with Crippen LogP contribution in [0, 0.1) is 6.92 Å². The van der Waals surface area contributed by atoms with E-state index in [4.69, 9.17) is 21.8 Å². The maximum absolute atomic E-state index is 11.5. The van der Waals surface area contributed by atoms with Crippen LogP contribution in [0.5, 0.6) is 0 Å². The van der Waals surface area contributed by atoms with Gasteiger partial charge in [-0.2, -0.15) is 0 Å². The van der Waals surface area contributed by atoms with Gasteiger partial charge in [0.25, 0.3) is 0 Å². The molecule has 0 fully saturated rings. The fourth-order valence-electron chi connectivity index (χ4n) is 1.70. The van der Waals surface area contributed by atoms with Crippen LogP contribution in [0.4, 0.5) is 5.69 Å². The molecule has 0 amide bonds. The van der Waals surface area contributed by atoms with E-state index in [0.29, 0.717) is 22.2 Å². The molecule has 4 nitrogen and oxygen atoms in total. The third-order valence-corrected chi connectivity index (χ3v) is 4.19. The largest absolute Gasteiger partial charge is 0.463 e. The lowest BCUT2D eigenvalue weighted by molar-refractivity contribution is 0.0562. The second-order valence-electron chi connectivity index (χ2n) is 4.19. The first-order valence-electron chi connectivity index (χ1n) is 5.86. The SMILES string of the molecule is COC(=O)c1oc(CSc2ccc(N)cc2Cl)cc1C. The Labute approximate surface area is 126 Å². The van der Waals surface area contributed by atoms with Crippen LogP contribution in [0.15, 0.2) is 33.6 Å². The summed E-state index contributed by atoms with van der Waals surface area (Å²) in [4.78, 5) is 12.4. The van der Waals surface area contributed by atoms with Crippen LogP contribution in [0.25, 0.3) is 0 Å². The van der Waals surface area contributed by atoms with E-state index in [1.165, 1.54) is 18.9 Å². The van der Waals surface area contributed by atoms with E-state index >= 15 is 0 Å². The standard InChI is InChI=1S/C14H14ClNO3S/c1-8-5-10(19-13(8)14(17)18-2)7-20-12-4-3-9(16)6-11(12)15/h3-6H,7,16H2,1-2H3. The molecule has 0 aliphatic rings. The molecule has 2 aromatic rings. The first kappa shape index (κ1) is 14.8. The lowest BCUT2D eigenvalue weighted by Gasteiger charge is -2.03. The van der Waals surface area contributed by atoms with Gasteiger partial charge in [0.1, 0.15) is 5.76 Å². The number of esters is 1. The van der Waals surface area contributed by atoms with Gasteiger partial charge in [-0.3, -0.25) is 0 Å². The molecule has 0 radical (unpaired) electrons. The van der Waals surface area contributed by atoms with Gasteiger partial charge in [-0.05, 0) is 31.2 Å². The Morgan fingerprint density at radius 3 is 2.85 bits per heavy atom. The fourth-order valence-corrected chi connectivity index (χ4v) is 2.85. The van der Waals surface area contributed by atoms with Crippen molar-refractivity contribution in [1.82, 2.24) is 0 Å². The van der Waals surface area contributed by atoms with Gasteiger partial charge in [-0.25, -0.2) is 4.79 Å². The van der Waals surface area contributed by atoms with Gasteiger partial charge in [-0.1, -0.05) is 11.6 Å². The minimum atomic E-state index is -0.468. The number of rotatable bonds is 4. The number of aryl methyl sites for hydroxylation is 1. The first-order valence-corrected chi connectivity index (χ1v) is 7.23. The number of furan rings is 1. The van der Waals surface area contributed by atoms with Crippen molar-refractivity contribution in [3.63, 3.8) is 0 Å². The van der Waals surface area contributed by atoms with E-state index in [-0.39, 0.29) is 5.76 Å². The summed E-state index contributed by atoms with van der Waals surface area (Å²) >= 11 is 7.62. The molecule has 2 rings (SSSR count). The molecule has 1 aromatic carbocycles. The van der Waals surface area contributed by atoms with E-state index in [2.05, 4.69) is 4.74 Å². The Morgan fingerprint density at radius 2 is 2.20 bits per heavy atom. The van der Waals surface area contributed by atoms with E-state index in [1.807, 2.05) is 12.1 Å². The van der Waals surface area contributed by atoms with Crippen molar-refractivity contribution in [2.45, 2.75) is 17.6 Å². The number of benzene rings is 1. The van der Waals surface area contributed by atoms with Crippen molar-refractivity contribution in [3.8, 4) is 0 Å². The van der Waals surface area contributed by atoms with E-state index in [1.54, 1.807) is 19.1 Å². The number of nitrogen functional groups attached to an aromatic ring is 1. The lowest BCUT2D eigenvalue weighted by atomic mass is 10.3. The van der Waals surface area contributed by atoms with Gasteiger partial charge in [0.15, 0.2) is 0 Å². The normalized spacial score (nSPS) is 10.6. The second-order valence-corrected chi connectivity index (χ2v) is 5.62. The van der Waals surface area contributed by atoms with Crippen LogP contribution < -0.4 is 5.73 Å². The quantitative estimate of drug-likeness (QED) is 0.527. The van der Waals surface area contributed by atoms with Crippen molar-refractivity contribution in [2.24, 2.45) is 0 Å². The van der Waals surface area contributed by atoms with Crippen molar-refractivity contribution >= 4 is 35.0 Å². The van der Waals surface area contributed by atoms with Crippen LogP contribution in [0.3, 0.4) is 0 Å². The van der Waals surface area contributed by atoms with Crippen molar-refractivity contribution in [1.29, 1.82) is 0 Å². The predicted molar refractivity (Wildman–Crippen MR) is 80.2 cm³/mol. The highest BCUT2D eigenvalue weighted by Gasteiger charge is 2.16. The number of carbonyl (C=O) groups is 1. The highest BCUT2D eigenvalue weighted by molar-refractivity contribution is 7.98. The highest BCUT2D eigenvalue weighted by Crippen LogP contribution is 2.32. The number of nitrogens with two attached hydrogens (primary N) is 1. The third kappa shape index (κ3) is 3.29. The van der Waals surface area contributed by atoms with Gasteiger partial charge in [0, 0.05) is 16.1 Å². The summed E-state index contributed by atoms with van der Waals surface area (Å²) in [5.74, 6) is 1.04. The summed E-state index contributed by atoms with van der Waals surface area (Å²) in [6.07, 6.45) is 0. The first-order chi connectivity index (χ1) is 9.51. The van der Waals surface area contributed by atoms with Crippen LogP contribution in [-0.4, -0.2) is 13.1 Å². The number of ether oxygens (including phenoxy) is 1. The molecular weight excluding hydrogens is 298 g/mol. The number of hydrogen-bond donors (Lipinski definition) is 1. The van der Waals surface area contributed by atoms with Crippen molar-refractivity contribution < 1.29 is 13.9 Å². The molecule has 106 valence electrons. The average Bonchev–Trinajstić information content (AvgIpc) is 2.78. The van der Waals surface area contributed by atoms with Crippen molar-refractivity contribution in [2.75, 3.05) is 12.8 Å². The monoisotopic (exact) mass is 311 g/mol. The maximum Gasteiger partial charge on any atom is 0.374 e. The Bertz CT molecular complexity index is 639. The third-order valence-electron chi connectivity index (χ3n) is 2.67. The molecular formula is C14H14ClNO3S. The van der Waals surface area contributed by atoms with Crippen LogP contribution in [0.1, 0.15) is 21.9 Å². The summed E-state index contributed by atoms with van der Waals surface area (Å²) in [5, 5.41) is 0.603. The number of thioether (sulfide) groups is 1. The summed E-state index contributed by atoms with van der Waals surface area (Å²) in [7, 11) is 1.33. The molecule has 20 heavy (non-hydrogen) atoms. The minimum absolute atomic E-state index is 0.242. The molecule has 1 heterocycles. The average molecular weight is 312 g/mol. The number of carbonyl (C=O) groups excluding carboxylic acids is 1. The number of hydrogen-bond acceptors (Lipinski definition) is 5. The van der Waals surface area contributed by atoms with Crippen LogP contribution in [0.2, 0.25) is 5.02 Å². The lowest BCUT2D eigenvalue weighted by Crippen LogP contribution is -2.00. The molecule has 0 saturated heterocycles. The summed E-state index contributed by atoms with van der Waals surface area (Å²) in [6.45, 7) is 1.81. The van der Waals surface area contributed by atoms with E-state index in [0.717, 1.165) is 10.5 Å². The Morgan fingerprint density at radius 1 is 1.45 bits per heavy atom. The molecule has 1 aromatic heterocycles. The smallest absolute Gasteiger partial charge is 0.374 e. The summed E-state index contributed by atoms with van der Waals surface area (Å²) in [5.41, 5.74) is 7.03. The highest BCUT2D eigenvalue weighted by atomic mass is 35.5. The molecule has 0 aliphatic carbocycles. The Hall–Kier alpha value is -1.59. The predicted octanol–water partition coefficient (Wildman–Crippen LogP) is 3.90. The zero-order valence-corrected chi connectivity index (χ0v) is 12.7. The van der Waals surface area contributed by atoms with Gasteiger partial charge in [0.2, 0.25) is 5.76 Å². The van der Waals surface area contributed by atoms with Gasteiger partial charge >= 0.3 is 5.97 Å². The fraction of sp³-hybridized carbons (Fsp3) is 0.214. The topological polar surface area (TPSA) is 65.5 Å². The molecule has 0 saturated carbocycles. The zero-order chi connectivity index (χ0) is 14.7. The van der Waals surface area contributed by atoms with Crippen LogP contribution in [-0.2, 0) is 10.5 Å². The molecule has 0 aliphatic heterocycles. The number of methoxy groups -OCH3 is 1.